The molecule has 0 radical (unpaired) electrons. The lowest BCUT2D eigenvalue weighted by Gasteiger charge is -2.37. The first-order valence-corrected chi connectivity index (χ1v) is 16.5. The molecule has 2 aromatic rings. The van der Waals surface area contributed by atoms with Crippen LogP contribution in [0.4, 0.5) is 4.79 Å². The Morgan fingerprint density at radius 3 is 2.08 bits per heavy atom. The quantitative estimate of drug-likeness (QED) is 0.140. The van der Waals surface area contributed by atoms with Crippen molar-refractivity contribution in [3.05, 3.63) is 165 Å². The van der Waals surface area contributed by atoms with Gasteiger partial charge in [0.05, 0.1) is 47.6 Å². The van der Waals surface area contributed by atoms with Crippen LogP contribution in [0.5, 0.6) is 0 Å². The number of amides is 1. The van der Waals surface area contributed by atoms with Crippen LogP contribution in [0.3, 0.4) is 0 Å². The zero-order chi connectivity index (χ0) is 37.3. The van der Waals surface area contributed by atoms with Gasteiger partial charge in [-0.2, -0.15) is 30.7 Å². The lowest BCUT2D eigenvalue weighted by molar-refractivity contribution is 0.0873. The molecule has 1 fully saturated rings. The zero-order valence-corrected chi connectivity index (χ0v) is 28.7. The van der Waals surface area contributed by atoms with E-state index in [1.807, 2.05) is 36.4 Å². The Morgan fingerprint density at radius 2 is 1.52 bits per heavy atom. The molecule has 1 saturated heterocycles. The third-order valence-electron chi connectivity index (χ3n) is 8.44. The predicted molar refractivity (Wildman–Crippen MR) is 197 cm³/mol. The highest BCUT2D eigenvalue weighted by Gasteiger charge is 2.29. The molecular formula is C42H34N8O2. The van der Waals surface area contributed by atoms with Crippen LogP contribution in [0.15, 0.2) is 131 Å². The number of carbonyl (C=O) groups excluding carboxylic acids is 1. The fourth-order valence-corrected chi connectivity index (χ4v) is 6.06. The third kappa shape index (κ3) is 8.99. The summed E-state index contributed by atoms with van der Waals surface area (Å²) in [6.07, 6.45) is 11.6. The van der Waals surface area contributed by atoms with Gasteiger partial charge < -0.3 is 14.5 Å². The van der Waals surface area contributed by atoms with Gasteiger partial charge in [-0.25, -0.2) is 4.79 Å². The number of nitrogens with zero attached hydrogens (tertiary/aromatic N) is 8. The molecule has 2 aliphatic rings. The van der Waals surface area contributed by atoms with Crippen LogP contribution in [0.1, 0.15) is 30.9 Å². The van der Waals surface area contributed by atoms with Crippen LogP contribution in [-0.4, -0.2) is 48.7 Å². The van der Waals surface area contributed by atoms with Crippen molar-refractivity contribution < 1.29 is 9.53 Å². The molecule has 1 aliphatic heterocycles. The first-order chi connectivity index (χ1) is 25.4. The maximum absolute atomic E-state index is 12.4. The number of allylic oxidation sites excluding steroid dienone is 12. The Kier molecular flexibility index (Phi) is 13.7. The monoisotopic (exact) mass is 682 g/mol. The molecule has 4 rings (SSSR count). The molecule has 10 heteroatoms. The molecule has 52 heavy (non-hydrogen) atoms. The van der Waals surface area contributed by atoms with Crippen LogP contribution in [-0.2, 0) is 4.74 Å². The van der Waals surface area contributed by atoms with E-state index in [0.717, 1.165) is 16.8 Å². The molecule has 0 spiro atoms. The van der Waals surface area contributed by atoms with Gasteiger partial charge >= 0.3 is 11.9 Å². The lowest BCUT2D eigenvalue weighted by Crippen LogP contribution is -2.48. The van der Waals surface area contributed by atoms with E-state index in [9.17, 15) is 25.8 Å². The molecule has 0 atom stereocenters. The molecule has 1 aliphatic carbocycles. The van der Waals surface area contributed by atoms with Crippen molar-refractivity contribution >= 4 is 17.2 Å². The molecule has 2 aromatic carbocycles. The van der Waals surface area contributed by atoms with E-state index in [0.29, 0.717) is 62.3 Å². The fraction of sp³-hybridized carbons (Fsp3) is 0.214. The number of piperazine rings is 1. The second-order valence-corrected chi connectivity index (χ2v) is 11.4. The van der Waals surface area contributed by atoms with Gasteiger partial charge in [0.1, 0.15) is 13.1 Å². The number of rotatable bonds is 10. The van der Waals surface area contributed by atoms with Crippen LogP contribution < -0.4 is 0 Å². The van der Waals surface area contributed by atoms with Crippen molar-refractivity contribution in [3.63, 3.8) is 0 Å². The minimum atomic E-state index is -1.13. The third-order valence-corrected chi connectivity index (χ3v) is 8.44. The average molecular weight is 683 g/mol. The molecule has 1 amide bonds. The summed E-state index contributed by atoms with van der Waals surface area (Å²) in [5.41, 5.74) is 5.17. The molecular weight excluding hydrogens is 649 g/mol. The van der Waals surface area contributed by atoms with E-state index < -0.39 is 5.92 Å². The Hall–Kier alpha value is -7.37. The normalized spacial score (nSPS) is 15.7. The molecule has 0 bridgehead atoms. The second-order valence-electron chi connectivity index (χ2n) is 11.4. The lowest BCUT2D eigenvalue weighted by atomic mass is 9.90. The van der Waals surface area contributed by atoms with Gasteiger partial charge in [-0.15, -0.1) is 0 Å². The number of benzene rings is 2. The fourth-order valence-electron chi connectivity index (χ4n) is 6.06. The average Bonchev–Trinajstić information content (AvgIpc) is 3.59. The molecule has 0 aromatic heterocycles. The summed E-state index contributed by atoms with van der Waals surface area (Å²) in [4.78, 5) is 23.1. The van der Waals surface area contributed by atoms with Gasteiger partial charge in [-0.05, 0) is 54.2 Å². The van der Waals surface area contributed by atoms with Gasteiger partial charge in [0, 0.05) is 37.4 Å². The number of nitriles is 4. The zero-order valence-electron chi connectivity index (χ0n) is 28.7. The predicted octanol–water partition coefficient (Wildman–Crippen LogP) is 8.15. The number of hydrogen-bond acceptors (Lipinski definition) is 7. The second kappa shape index (κ2) is 19.0. The highest BCUT2D eigenvalue weighted by Crippen LogP contribution is 2.36. The van der Waals surface area contributed by atoms with Gasteiger partial charge in [0.25, 0.3) is 0 Å². The topological polar surface area (TPSA) is 137 Å². The Labute approximate surface area is 304 Å². The van der Waals surface area contributed by atoms with E-state index in [4.69, 9.17) is 17.9 Å². The largest absolute Gasteiger partial charge is 0.528 e. The van der Waals surface area contributed by atoms with Gasteiger partial charge in [0.2, 0.25) is 0 Å². The SMILES string of the molecule is [C-]#[N+]C([N+]#[C-])=C(C(C#N)=CC=CC1=C(N2CCN(C(=O)OCC)CC2)C(=CC=CC(C#N)=C(c2ccccc2)C(C#N)C#N)CC1)c1ccccc1. The molecule has 0 N–H and O–H groups in total. The summed E-state index contributed by atoms with van der Waals surface area (Å²) in [5, 5.41) is 39.6. The molecule has 1 heterocycles. The first kappa shape index (κ1) is 37.4. The van der Waals surface area contributed by atoms with Crippen molar-refractivity contribution in [2.24, 2.45) is 5.92 Å². The maximum atomic E-state index is 12.4. The Bertz CT molecular complexity index is 2110. The van der Waals surface area contributed by atoms with Crippen molar-refractivity contribution in [2.45, 2.75) is 19.8 Å². The van der Waals surface area contributed by atoms with Crippen LogP contribution in [0.2, 0.25) is 0 Å². The highest BCUT2D eigenvalue weighted by atomic mass is 16.6. The Morgan fingerprint density at radius 1 is 0.885 bits per heavy atom. The summed E-state index contributed by atoms with van der Waals surface area (Å²) in [7, 11) is 0. The van der Waals surface area contributed by atoms with Crippen molar-refractivity contribution in [3.8, 4) is 24.3 Å². The van der Waals surface area contributed by atoms with Crippen LogP contribution in [0, 0.1) is 64.4 Å². The summed E-state index contributed by atoms with van der Waals surface area (Å²) in [6.45, 7) is 19.2. The summed E-state index contributed by atoms with van der Waals surface area (Å²) in [6, 6.07) is 26.2. The van der Waals surface area contributed by atoms with E-state index >= 15 is 0 Å². The maximum Gasteiger partial charge on any atom is 0.528 e. The van der Waals surface area contributed by atoms with Gasteiger partial charge in [-0.3, -0.25) is 0 Å². The first-order valence-electron chi connectivity index (χ1n) is 16.5. The van der Waals surface area contributed by atoms with Crippen LogP contribution >= 0.6 is 0 Å². The Balaban J connectivity index is 1.76. The van der Waals surface area contributed by atoms with E-state index in [-0.39, 0.29) is 28.6 Å². The minimum absolute atomic E-state index is 0.185. The van der Waals surface area contributed by atoms with E-state index in [1.54, 1.807) is 84.7 Å². The highest BCUT2D eigenvalue weighted by molar-refractivity contribution is 5.87. The molecule has 10 nitrogen and oxygen atoms in total. The summed E-state index contributed by atoms with van der Waals surface area (Å²) < 4.78 is 5.21. The standard InChI is InChI=1S/C42H34N8O2/c1-4-52-42(51)50-25-23-49(24-26-50)40-33(17-11-19-35(27-43)38(37(29-45)30-46)31-13-7-5-8-14-31)21-22-34(40)18-12-20-36(28-44)39(41(47-2)48-3)32-15-9-6-10-16-32/h5-20,37H,4,21-26H2,1H3. The number of hydrogen-bond donors (Lipinski definition) is 0. The molecule has 0 unspecified atom stereocenters. The van der Waals surface area contributed by atoms with Crippen LogP contribution in [0.25, 0.3) is 20.8 Å². The summed E-state index contributed by atoms with van der Waals surface area (Å²) >= 11 is 0. The van der Waals surface area contributed by atoms with Crippen molar-refractivity contribution in [1.82, 2.24) is 9.80 Å². The smallest absolute Gasteiger partial charge is 0.450 e. The van der Waals surface area contributed by atoms with E-state index in [1.165, 1.54) is 0 Å². The number of ether oxygens (including phenoxy) is 1. The van der Waals surface area contributed by atoms with Crippen molar-refractivity contribution in [2.75, 3.05) is 32.8 Å². The minimum Gasteiger partial charge on any atom is -0.450 e. The van der Waals surface area contributed by atoms with Gasteiger partial charge in [0.15, 0.2) is 5.92 Å². The summed E-state index contributed by atoms with van der Waals surface area (Å²) in [5.74, 6) is -1.32. The van der Waals surface area contributed by atoms with E-state index in [2.05, 4.69) is 26.7 Å². The molecule has 254 valence electrons. The number of carbonyl (C=O) groups is 1. The van der Waals surface area contributed by atoms with Crippen molar-refractivity contribution in [1.29, 1.82) is 21.0 Å². The molecule has 0 saturated carbocycles. The van der Waals surface area contributed by atoms with Gasteiger partial charge in [-0.1, -0.05) is 85.0 Å².